The zero-order valence-electron chi connectivity index (χ0n) is 8.08. The van der Waals surface area contributed by atoms with Gasteiger partial charge < -0.3 is 4.42 Å². The fourth-order valence-corrected chi connectivity index (χ4v) is 2.66. The van der Waals surface area contributed by atoms with E-state index < -0.39 is 0 Å². The lowest BCUT2D eigenvalue weighted by Crippen LogP contribution is -2.02. The maximum atomic E-state index is 10.9. The standard InChI is InChI=1S/C11H12O2S/c1-2-14-11-8(7-12)3-4-10-9(11)5-6-13-10/h5-7H,2-4H2,1H3. The Morgan fingerprint density at radius 1 is 1.57 bits per heavy atom. The molecule has 14 heavy (non-hydrogen) atoms. The fraction of sp³-hybridized carbons (Fsp3) is 0.364. The molecule has 1 aromatic heterocycles. The minimum Gasteiger partial charge on any atom is -0.469 e. The summed E-state index contributed by atoms with van der Waals surface area (Å²) in [6.07, 6.45) is 4.35. The van der Waals surface area contributed by atoms with Gasteiger partial charge in [-0.15, -0.1) is 11.8 Å². The summed E-state index contributed by atoms with van der Waals surface area (Å²) in [6.45, 7) is 2.09. The van der Waals surface area contributed by atoms with Gasteiger partial charge in [-0.1, -0.05) is 6.92 Å². The molecular formula is C11H12O2S. The second kappa shape index (κ2) is 4.05. The number of hydrogen-bond acceptors (Lipinski definition) is 3. The van der Waals surface area contributed by atoms with E-state index in [1.165, 1.54) is 0 Å². The van der Waals surface area contributed by atoms with Crippen molar-refractivity contribution < 1.29 is 9.21 Å². The van der Waals surface area contributed by atoms with Crippen molar-refractivity contribution in [3.05, 3.63) is 29.2 Å². The molecule has 0 amide bonds. The molecule has 0 saturated carbocycles. The molecular weight excluding hydrogens is 196 g/mol. The second-order valence-electron chi connectivity index (χ2n) is 3.16. The van der Waals surface area contributed by atoms with Crippen molar-refractivity contribution in [1.29, 1.82) is 0 Å². The molecule has 0 spiro atoms. The molecule has 1 aliphatic carbocycles. The number of allylic oxidation sites excluding steroid dienone is 1. The predicted octanol–water partition coefficient (Wildman–Crippen LogP) is 2.89. The third kappa shape index (κ3) is 1.52. The Bertz CT molecular complexity index is 376. The molecule has 0 unspecified atom stereocenters. The lowest BCUT2D eigenvalue weighted by atomic mass is 9.99. The molecule has 1 aromatic rings. The summed E-state index contributed by atoms with van der Waals surface area (Å²) in [6, 6.07) is 1.95. The molecule has 2 rings (SSSR count). The largest absolute Gasteiger partial charge is 0.469 e. The van der Waals surface area contributed by atoms with Gasteiger partial charge in [0.15, 0.2) is 0 Å². The van der Waals surface area contributed by atoms with Crippen LogP contribution in [0.4, 0.5) is 0 Å². The summed E-state index contributed by atoms with van der Waals surface area (Å²) in [7, 11) is 0. The highest BCUT2D eigenvalue weighted by Crippen LogP contribution is 2.38. The SMILES string of the molecule is CCSC1=C(C=O)CCc2occc21. The van der Waals surface area contributed by atoms with Crippen LogP contribution in [-0.4, -0.2) is 12.0 Å². The Labute approximate surface area is 87.4 Å². The highest BCUT2D eigenvalue weighted by molar-refractivity contribution is 8.08. The van der Waals surface area contributed by atoms with E-state index in [-0.39, 0.29) is 0 Å². The van der Waals surface area contributed by atoms with Crippen molar-refractivity contribution in [2.45, 2.75) is 19.8 Å². The van der Waals surface area contributed by atoms with Crippen LogP contribution in [0.15, 0.2) is 22.3 Å². The van der Waals surface area contributed by atoms with Crippen molar-refractivity contribution in [1.82, 2.24) is 0 Å². The number of aryl methyl sites for hydroxylation is 1. The van der Waals surface area contributed by atoms with Crippen molar-refractivity contribution >= 4 is 23.0 Å². The zero-order valence-corrected chi connectivity index (χ0v) is 8.89. The Hall–Kier alpha value is -0.960. The van der Waals surface area contributed by atoms with Gasteiger partial charge in [0.25, 0.3) is 0 Å². The van der Waals surface area contributed by atoms with Crippen LogP contribution in [0, 0.1) is 0 Å². The lowest BCUT2D eigenvalue weighted by Gasteiger charge is -2.15. The van der Waals surface area contributed by atoms with E-state index in [0.717, 1.165) is 46.7 Å². The normalized spacial score (nSPS) is 15.5. The monoisotopic (exact) mass is 208 g/mol. The van der Waals surface area contributed by atoms with Gasteiger partial charge in [0, 0.05) is 22.5 Å². The summed E-state index contributed by atoms with van der Waals surface area (Å²) in [5.74, 6) is 2.00. The first-order valence-corrected chi connectivity index (χ1v) is 5.73. The van der Waals surface area contributed by atoms with Crippen molar-refractivity contribution in [3.63, 3.8) is 0 Å². The van der Waals surface area contributed by atoms with Gasteiger partial charge in [0.2, 0.25) is 0 Å². The van der Waals surface area contributed by atoms with Crippen LogP contribution in [0.5, 0.6) is 0 Å². The molecule has 2 nitrogen and oxygen atoms in total. The third-order valence-electron chi connectivity index (χ3n) is 2.33. The van der Waals surface area contributed by atoms with Crippen LogP contribution in [0.2, 0.25) is 0 Å². The Balaban J connectivity index is 2.45. The molecule has 0 atom stereocenters. The first-order valence-electron chi connectivity index (χ1n) is 4.74. The second-order valence-corrected chi connectivity index (χ2v) is 4.44. The maximum absolute atomic E-state index is 10.9. The van der Waals surface area contributed by atoms with E-state index >= 15 is 0 Å². The summed E-state index contributed by atoms with van der Waals surface area (Å²) >= 11 is 1.72. The Morgan fingerprint density at radius 3 is 3.14 bits per heavy atom. The molecule has 0 saturated heterocycles. The van der Waals surface area contributed by atoms with Crippen LogP contribution in [-0.2, 0) is 11.2 Å². The van der Waals surface area contributed by atoms with Crippen molar-refractivity contribution in [3.8, 4) is 0 Å². The molecule has 0 radical (unpaired) electrons. The van der Waals surface area contributed by atoms with E-state index in [1.54, 1.807) is 18.0 Å². The summed E-state index contributed by atoms with van der Waals surface area (Å²) < 4.78 is 5.36. The quantitative estimate of drug-likeness (QED) is 0.715. The first-order chi connectivity index (χ1) is 6.86. The molecule has 0 N–H and O–H groups in total. The number of hydrogen-bond donors (Lipinski definition) is 0. The summed E-state index contributed by atoms with van der Waals surface area (Å²) in [5, 5.41) is 0. The summed E-state index contributed by atoms with van der Waals surface area (Å²) in [4.78, 5) is 12.0. The van der Waals surface area contributed by atoms with E-state index in [2.05, 4.69) is 6.92 Å². The van der Waals surface area contributed by atoms with Crippen LogP contribution < -0.4 is 0 Å². The maximum Gasteiger partial charge on any atom is 0.147 e. The number of thioether (sulfide) groups is 1. The van der Waals surface area contributed by atoms with Gasteiger partial charge in [-0.25, -0.2) is 0 Å². The number of carbonyl (C=O) groups is 1. The van der Waals surface area contributed by atoms with Gasteiger partial charge in [-0.2, -0.15) is 0 Å². The van der Waals surface area contributed by atoms with Gasteiger partial charge in [0.1, 0.15) is 12.0 Å². The topological polar surface area (TPSA) is 30.2 Å². The lowest BCUT2D eigenvalue weighted by molar-refractivity contribution is -0.105. The average molecular weight is 208 g/mol. The average Bonchev–Trinajstić information content (AvgIpc) is 2.67. The minimum atomic E-state index is 0.812. The van der Waals surface area contributed by atoms with Crippen LogP contribution in [0.3, 0.4) is 0 Å². The van der Waals surface area contributed by atoms with Crippen LogP contribution in [0.25, 0.3) is 4.91 Å². The van der Waals surface area contributed by atoms with E-state index in [0.29, 0.717) is 0 Å². The van der Waals surface area contributed by atoms with E-state index in [9.17, 15) is 4.79 Å². The molecule has 0 bridgehead atoms. The number of fused-ring (bicyclic) bond motifs is 1. The molecule has 3 heteroatoms. The third-order valence-corrected chi connectivity index (χ3v) is 3.39. The summed E-state index contributed by atoms with van der Waals surface area (Å²) in [5.41, 5.74) is 2.04. The number of aldehydes is 1. The number of furan rings is 1. The zero-order chi connectivity index (χ0) is 9.97. The molecule has 0 aromatic carbocycles. The first kappa shape index (κ1) is 9.59. The van der Waals surface area contributed by atoms with Crippen molar-refractivity contribution in [2.75, 3.05) is 5.75 Å². The van der Waals surface area contributed by atoms with Crippen molar-refractivity contribution in [2.24, 2.45) is 0 Å². The molecule has 1 heterocycles. The number of carbonyl (C=O) groups excluding carboxylic acids is 1. The number of rotatable bonds is 3. The van der Waals surface area contributed by atoms with Gasteiger partial charge >= 0.3 is 0 Å². The molecule has 0 aliphatic heterocycles. The van der Waals surface area contributed by atoms with Gasteiger partial charge in [-0.3, -0.25) is 4.79 Å². The Morgan fingerprint density at radius 2 is 2.43 bits per heavy atom. The smallest absolute Gasteiger partial charge is 0.147 e. The molecule has 74 valence electrons. The van der Waals surface area contributed by atoms with Crippen LogP contribution in [0.1, 0.15) is 24.7 Å². The van der Waals surface area contributed by atoms with Gasteiger partial charge in [-0.05, 0) is 18.2 Å². The molecule has 1 aliphatic rings. The van der Waals surface area contributed by atoms with E-state index in [4.69, 9.17) is 4.42 Å². The highest BCUT2D eigenvalue weighted by Gasteiger charge is 2.20. The highest BCUT2D eigenvalue weighted by atomic mass is 32.2. The Kier molecular flexibility index (Phi) is 2.77. The predicted molar refractivity (Wildman–Crippen MR) is 58.1 cm³/mol. The minimum absolute atomic E-state index is 0.812. The molecule has 0 fully saturated rings. The van der Waals surface area contributed by atoms with Crippen LogP contribution >= 0.6 is 11.8 Å². The van der Waals surface area contributed by atoms with Gasteiger partial charge in [0.05, 0.1) is 6.26 Å². The van der Waals surface area contributed by atoms with E-state index in [1.807, 2.05) is 6.07 Å². The fourth-order valence-electron chi connectivity index (χ4n) is 1.70.